The molecule has 0 bridgehead atoms. The molecule has 0 aliphatic heterocycles. The van der Waals surface area contributed by atoms with E-state index in [0.29, 0.717) is 10.7 Å². The minimum absolute atomic E-state index is 0.0807. The molecule has 2 aromatic rings. The van der Waals surface area contributed by atoms with Gasteiger partial charge in [0.2, 0.25) is 0 Å². The third kappa shape index (κ3) is 4.16. The van der Waals surface area contributed by atoms with Gasteiger partial charge in [-0.1, -0.05) is 30.8 Å². The first-order valence-electron chi connectivity index (χ1n) is 7.39. The normalized spacial score (nSPS) is 10.7. The lowest BCUT2D eigenvalue weighted by atomic mass is 10.1. The third-order valence-corrected chi connectivity index (χ3v) is 4.26. The van der Waals surface area contributed by atoms with Crippen molar-refractivity contribution in [3.63, 3.8) is 0 Å². The first kappa shape index (κ1) is 17.1. The number of thioether (sulfide) groups is 1. The number of rotatable bonds is 8. The van der Waals surface area contributed by atoms with Crippen molar-refractivity contribution >= 4 is 23.2 Å². The number of nitrogens with zero attached hydrogens (tertiary/aromatic N) is 4. The molecule has 0 spiro atoms. The van der Waals surface area contributed by atoms with Gasteiger partial charge in [-0.15, -0.1) is 10.2 Å². The highest BCUT2D eigenvalue weighted by atomic mass is 32.2. The summed E-state index contributed by atoms with van der Waals surface area (Å²) in [4.78, 5) is 22.5. The molecule has 0 atom stereocenters. The quantitative estimate of drug-likeness (QED) is 0.319. The van der Waals surface area contributed by atoms with Gasteiger partial charge in [0.25, 0.3) is 5.69 Å². The fourth-order valence-electron chi connectivity index (χ4n) is 2.16. The number of aromatic nitrogens is 3. The Kier molecular flexibility index (Phi) is 5.86. The van der Waals surface area contributed by atoms with E-state index in [4.69, 9.17) is 0 Å². The van der Waals surface area contributed by atoms with Crippen molar-refractivity contribution in [1.82, 2.24) is 14.8 Å². The van der Waals surface area contributed by atoms with Crippen LogP contribution < -0.4 is 0 Å². The topological polar surface area (TPSA) is 90.9 Å². The number of ketones is 1. The van der Waals surface area contributed by atoms with E-state index in [0.717, 1.165) is 25.2 Å². The van der Waals surface area contributed by atoms with E-state index >= 15 is 0 Å². The number of nitro benzene ring substituents is 1. The first-order chi connectivity index (χ1) is 11.1. The summed E-state index contributed by atoms with van der Waals surface area (Å²) in [6.07, 6.45) is 1.83. The average Bonchev–Trinajstić information content (AvgIpc) is 2.94. The molecule has 2 rings (SSSR count). The second kappa shape index (κ2) is 7.87. The molecule has 1 heterocycles. The Hall–Kier alpha value is -2.22. The lowest BCUT2D eigenvalue weighted by Gasteiger charge is -2.06. The van der Waals surface area contributed by atoms with Gasteiger partial charge < -0.3 is 4.57 Å². The fourth-order valence-corrected chi connectivity index (χ4v) is 3.07. The number of benzene rings is 1. The molecular formula is C15H18N4O3S. The maximum atomic E-state index is 12.2. The van der Waals surface area contributed by atoms with E-state index in [1.165, 1.54) is 30.0 Å². The fraction of sp³-hybridized carbons (Fsp3) is 0.400. The van der Waals surface area contributed by atoms with Crippen LogP contribution in [0.3, 0.4) is 0 Å². The number of aryl methyl sites for hydroxylation is 1. The number of nitro groups is 1. The van der Waals surface area contributed by atoms with E-state index in [9.17, 15) is 14.9 Å². The van der Waals surface area contributed by atoms with Crippen LogP contribution in [-0.2, 0) is 13.0 Å². The van der Waals surface area contributed by atoms with Crippen LogP contribution in [0.1, 0.15) is 36.5 Å². The number of hydrogen-bond acceptors (Lipinski definition) is 6. The zero-order valence-corrected chi connectivity index (χ0v) is 13.9. The summed E-state index contributed by atoms with van der Waals surface area (Å²) < 4.78 is 1.99. The van der Waals surface area contributed by atoms with E-state index < -0.39 is 4.92 Å². The van der Waals surface area contributed by atoms with Gasteiger partial charge in [0.05, 0.1) is 10.7 Å². The summed E-state index contributed by atoms with van der Waals surface area (Å²) in [5, 5.41) is 19.8. The van der Waals surface area contributed by atoms with Gasteiger partial charge in [0, 0.05) is 30.7 Å². The van der Waals surface area contributed by atoms with Crippen LogP contribution in [0.4, 0.5) is 5.69 Å². The Morgan fingerprint density at radius 3 is 2.78 bits per heavy atom. The molecule has 0 fully saturated rings. The highest BCUT2D eigenvalue weighted by Crippen LogP contribution is 2.20. The zero-order valence-electron chi connectivity index (χ0n) is 13.1. The van der Waals surface area contributed by atoms with Gasteiger partial charge in [0.15, 0.2) is 10.9 Å². The summed E-state index contributed by atoms with van der Waals surface area (Å²) >= 11 is 1.31. The van der Waals surface area contributed by atoms with Gasteiger partial charge in [-0.3, -0.25) is 14.9 Å². The number of carbonyl (C=O) groups excluding carboxylic acids is 1. The van der Waals surface area contributed by atoms with Crippen molar-refractivity contribution < 1.29 is 9.72 Å². The van der Waals surface area contributed by atoms with Crippen molar-refractivity contribution in [1.29, 1.82) is 0 Å². The van der Waals surface area contributed by atoms with Crippen LogP contribution in [0, 0.1) is 10.1 Å². The van der Waals surface area contributed by atoms with Gasteiger partial charge in [0.1, 0.15) is 5.82 Å². The molecule has 0 aliphatic carbocycles. The van der Waals surface area contributed by atoms with Gasteiger partial charge in [-0.2, -0.15) is 0 Å². The molecule has 0 N–H and O–H groups in total. The van der Waals surface area contributed by atoms with Crippen LogP contribution in [0.5, 0.6) is 0 Å². The number of hydrogen-bond donors (Lipinski definition) is 0. The predicted octanol–water partition coefficient (Wildman–Crippen LogP) is 3.13. The summed E-state index contributed by atoms with van der Waals surface area (Å²) in [5.74, 6) is 0.924. The number of carbonyl (C=O) groups is 1. The van der Waals surface area contributed by atoms with E-state index in [1.807, 2.05) is 11.5 Å². The molecular weight excluding hydrogens is 316 g/mol. The molecule has 1 aromatic heterocycles. The van der Waals surface area contributed by atoms with Crippen LogP contribution in [0.25, 0.3) is 0 Å². The van der Waals surface area contributed by atoms with E-state index in [-0.39, 0.29) is 17.2 Å². The van der Waals surface area contributed by atoms with Gasteiger partial charge in [-0.05, 0) is 13.3 Å². The van der Waals surface area contributed by atoms with Crippen LogP contribution >= 0.6 is 11.8 Å². The van der Waals surface area contributed by atoms with Crippen molar-refractivity contribution in [2.24, 2.45) is 0 Å². The maximum Gasteiger partial charge on any atom is 0.270 e. The summed E-state index contributed by atoms with van der Waals surface area (Å²) in [7, 11) is 0. The van der Waals surface area contributed by atoms with Crippen LogP contribution in [0.2, 0.25) is 0 Å². The number of non-ortho nitro benzene ring substituents is 1. The monoisotopic (exact) mass is 334 g/mol. The van der Waals surface area contributed by atoms with Crippen molar-refractivity contribution in [2.75, 3.05) is 5.75 Å². The molecule has 23 heavy (non-hydrogen) atoms. The van der Waals surface area contributed by atoms with Crippen molar-refractivity contribution in [3.05, 3.63) is 45.8 Å². The van der Waals surface area contributed by atoms with Crippen molar-refractivity contribution in [3.8, 4) is 0 Å². The Labute approximate surface area is 138 Å². The minimum Gasteiger partial charge on any atom is -0.306 e. The van der Waals surface area contributed by atoms with Crippen LogP contribution in [-0.4, -0.2) is 31.2 Å². The predicted molar refractivity (Wildman–Crippen MR) is 87.8 cm³/mol. The SMILES string of the molecule is CCCc1nnc(SCC(=O)c2cccc([N+](=O)[O-])c2)n1CC. The highest BCUT2D eigenvalue weighted by Gasteiger charge is 2.15. The Bertz CT molecular complexity index is 714. The largest absolute Gasteiger partial charge is 0.306 e. The first-order valence-corrected chi connectivity index (χ1v) is 8.37. The second-order valence-electron chi connectivity index (χ2n) is 4.91. The lowest BCUT2D eigenvalue weighted by Crippen LogP contribution is -2.06. The maximum absolute atomic E-state index is 12.2. The second-order valence-corrected chi connectivity index (χ2v) is 5.85. The lowest BCUT2D eigenvalue weighted by molar-refractivity contribution is -0.384. The molecule has 0 saturated heterocycles. The molecule has 0 amide bonds. The smallest absolute Gasteiger partial charge is 0.270 e. The molecule has 0 aliphatic rings. The summed E-state index contributed by atoms with van der Waals surface area (Å²) in [5.41, 5.74) is 0.255. The standard InChI is InChI=1S/C15H18N4O3S/c1-3-6-14-16-17-15(18(14)4-2)23-10-13(20)11-7-5-8-12(9-11)19(21)22/h5,7-9H,3-4,6,10H2,1-2H3. The Balaban J connectivity index is 2.07. The summed E-state index contributed by atoms with van der Waals surface area (Å²) in [6, 6.07) is 5.78. The molecule has 0 radical (unpaired) electrons. The Morgan fingerprint density at radius 1 is 1.35 bits per heavy atom. The summed E-state index contributed by atoms with van der Waals surface area (Å²) in [6.45, 7) is 4.83. The zero-order chi connectivity index (χ0) is 16.8. The van der Waals surface area contributed by atoms with Crippen LogP contribution in [0.15, 0.2) is 29.4 Å². The van der Waals surface area contributed by atoms with E-state index in [1.54, 1.807) is 6.07 Å². The van der Waals surface area contributed by atoms with Gasteiger partial charge in [-0.25, -0.2) is 0 Å². The van der Waals surface area contributed by atoms with Crippen molar-refractivity contribution in [2.45, 2.75) is 38.4 Å². The highest BCUT2D eigenvalue weighted by molar-refractivity contribution is 7.99. The molecule has 122 valence electrons. The Morgan fingerprint density at radius 2 is 2.13 bits per heavy atom. The van der Waals surface area contributed by atoms with E-state index in [2.05, 4.69) is 17.1 Å². The molecule has 0 saturated carbocycles. The molecule has 7 nitrogen and oxygen atoms in total. The van der Waals surface area contributed by atoms with Gasteiger partial charge >= 0.3 is 0 Å². The molecule has 8 heteroatoms. The minimum atomic E-state index is -0.505. The average molecular weight is 334 g/mol. The molecule has 0 unspecified atom stereocenters. The third-order valence-electron chi connectivity index (χ3n) is 3.29. The molecule has 1 aromatic carbocycles. The number of Topliss-reactive ketones (excluding diaryl/α,β-unsaturated/α-hetero) is 1.